The standard InChI is InChI=1S/C17H16F2N2O3/c1-21(2)16(22)10-24-15-6-4-3-5-12(15)17(23)20-14-9-11(18)7-8-13(14)19/h3-9H,10H2,1-2H3,(H,20,23). The second-order valence-corrected chi connectivity index (χ2v) is 5.15. The number of carbonyl (C=O) groups is 2. The van der Waals surface area contributed by atoms with E-state index in [1.54, 1.807) is 26.2 Å². The highest BCUT2D eigenvalue weighted by molar-refractivity contribution is 6.06. The van der Waals surface area contributed by atoms with Crippen molar-refractivity contribution in [1.82, 2.24) is 4.90 Å². The molecule has 0 spiro atoms. The van der Waals surface area contributed by atoms with Crippen molar-refractivity contribution in [2.24, 2.45) is 0 Å². The Morgan fingerprint density at radius 1 is 1.12 bits per heavy atom. The fraction of sp³-hybridized carbons (Fsp3) is 0.176. The van der Waals surface area contributed by atoms with Crippen LogP contribution in [0.3, 0.4) is 0 Å². The smallest absolute Gasteiger partial charge is 0.259 e. The highest BCUT2D eigenvalue weighted by atomic mass is 19.1. The minimum absolute atomic E-state index is 0.104. The molecule has 5 nitrogen and oxygen atoms in total. The first-order chi connectivity index (χ1) is 11.4. The fourth-order valence-electron chi connectivity index (χ4n) is 1.83. The Bertz CT molecular complexity index is 763. The van der Waals surface area contributed by atoms with E-state index in [1.165, 1.54) is 17.0 Å². The van der Waals surface area contributed by atoms with Crippen LogP contribution in [-0.2, 0) is 4.79 Å². The maximum absolute atomic E-state index is 13.6. The Morgan fingerprint density at radius 2 is 1.83 bits per heavy atom. The Labute approximate surface area is 137 Å². The molecule has 0 aliphatic heterocycles. The summed E-state index contributed by atoms with van der Waals surface area (Å²) < 4.78 is 32.2. The molecule has 2 amide bonds. The van der Waals surface area contributed by atoms with Crippen molar-refractivity contribution in [2.45, 2.75) is 0 Å². The van der Waals surface area contributed by atoms with Crippen LogP contribution >= 0.6 is 0 Å². The van der Waals surface area contributed by atoms with Gasteiger partial charge in [0.05, 0.1) is 11.3 Å². The Kier molecular flexibility index (Phi) is 5.47. The number of halogens is 2. The van der Waals surface area contributed by atoms with Gasteiger partial charge in [0.1, 0.15) is 17.4 Å². The van der Waals surface area contributed by atoms with Crippen molar-refractivity contribution in [1.29, 1.82) is 0 Å². The molecule has 0 bridgehead atoms. The maximum atomic E-state index is 13.6. The molecule has 7 heteroatoms. The zero-order valence-electron chi connectivity index (χ0n) is 13.2. The molecular formula is C17H16F2N2O3. The lowest BCUT2D eigenvalue weighted by molar-refractivity contribution is -0.130. The van der Waals surface area contributed by atoms with E-state index in [1.807, 2.05) is 0 Å². The van der Waals surface area contributed by atoms with E-state index in [4.69, 9.17) is 4.74 Å². The zero-order chi connectivity index (χ0) is 17.7. The van der Waals surface area contributed by atoms with Gasteiger partial charge in [-0.1, -0.05) is 12.1 Å². The van der Waals surface area contributed by atoms with Crippen molar-refractivity contribution < 1.29 is 23.1 Å². The third-order valence-electron chi connectivity index (χ3n) is 3.16. The Balaban J connectivity index is 2.17. The van der Waals surface area contributed by atoms with Gasteiger partial charge < -0.3 is 15.0 Å². The zero-order valence-corrected chi connectivity index (χ0v) is 13.2. The predicted octanol–water partition coefficient (Wildman–Crippen LogP) is 2.68. The molecular weight excluding hydrogens is 318 g/mol. The molecule has 2 aromatic rings. The minimum Gasteiger partial charge on any atom is -0.483 e. The molecule has 24 heavy (non-hydrogen) atoms. The molecule has 0 aliphatic rings. The van der Waals surface area contributed by atoms with E-state index in [0.29, 0.717) is 0 Å². The number of rotatable bonds is 5. The largest absolute Gasteiger partial charge is 0.483 e. The van der Waals surface area contributed by atoms with Crippen LogP contribution in [0.2, 0.25) is 0 Å². The number of carbonyl (C=O) groups excluding carboxylic acids is 2. The average molecular weight is 334 g/mol. The van der Waals surface area contributed by atoms with Crippen LogP contribution in [0.15, 0.2) is 42.5 Å². The van der Waals surface area contributed by atoms with Crippen LogP contribution in [-0.4, -0.2) is 37.4 Å². The number of amides is 2. The number of para-hydroxylation sites is 1. The number of nitrogens with zero attached hydrogens (tertiary/aromatic N) is 1. The first kappa shape index (κ1) is 17.4. The molecule has 0 radical (unpaired) electrons. The summed E-state index contributed by atoms with van der Waals surface area (Å²) in [7, 11) is 3.16. The number of likely N-dealkylation sites (N-methyl/N-ethyl adjacent to an activating group) is 1. The molecule has 0 heterocycles. The number of nitrogens with one attached hydrogen (secondary N) is 1. The molecule has 0 aromatic heterocycles. The summed E-state index contributed by atoms with van der Waals surface area (Å²) in [5, 5.41) is 2.29. The lowest BCUT2D eigenvalue weighted by atomic mass is 10.2. The predicted molar refractivity (Wildman–Crippen MR) is 84.9 cm³/mol. The van der Waals surface area contributed by atoms with Crippen LogP contribution in [0.1, 0.15) is 10.4 Å². The first-order valence-electron chi connectivity index (χ1n) is 7.07. The summed E-state index contributed by atoms with van der Waals surface area (Å²) in [4.78, 5) is 25.2. The van der Waals surface area contributed by atoms with Gasteiger partial charge in [0, 0.05) is 20.2 Å². The molecule has 1 N–H and O–H groups in total. The Morgan fingerprint density at radius 3 is 2.54 bits per heavy atom. The fourth-order valence-corrected chi connectivity index (χ4v) is 1.83. The van der Waals surface area contributed by atoms with Gasteiger partial charge in [-0.25, -0.2) is 8.78 Å². The van der Waals surface area contributed by atoms with E-state index >= 15 is 0 Å². The van der Waals surface area contributed by atoms with Crippen LogP contribution in [0, 0.1) is 11.6 Å². The molecule has 0 unspecified atom stereocenters. The number of anilines is 1. The molecule has 0 saturated carbocycles. The van der Waals surface area contributed by atoms with E-state index in [-0.39, 0.29) is 29.5 Å². The topological polar surface area (TPSA) is 58.6 Å². The van der Waals surface area contributed by atoms with Gasteiger partial charge in [-0.3, -0.25) is 9.59 Å². The number of hydrogen-bond acceptors (Lipinski definition) is 3. The number of hydrogen-bond donors (Lipinski definition) is 1. The van der Waals surface area contributed by atoms with Gasteiger partial charge in [0.2, 0.25) is 0 Å². The van der Waals surface area contributed by atoms with E-state index < -0.39 is 17.5 Å². The average Bonchev–Trinajstić information content (AvgIpc) is 2.56. The summed E-state index contributed by atoms with van der Waals surface area (Å²) >= 11 is 0. The highest BCUT2D eigenvalue weighted by Gasteiger charge is 2.16. The van der Waals surface area contributed by atoms with E-state index in [2.05, 4.69) is 5.32 Å². The van der Waals surface area contributed by atoms with Crippen molar-refractivity contribution in [2.75, 3.05) is 26.0 Å². The monoisotopic (exact) mass is 334 g/mol. The molecule has 0 saturated heterocycles. The number of benzene rings is 2. The summed E-state index contributed by atoms with van der Waals surface area (Å²) in [5.74, 6) is -2.21. The second-order valence-electron chi connectivity index (χ2n) is 5.15. The molecule has 126 valence electrons. The third-order valence-corrected chi connectivity index (χ3v) is 3.16. The minimum atomic E-state index is -0.758. The SMILES string of the molecule is CN(C)C(=O)COc1ccccc1C(=O)Nc1cc(F)ccc1F. The number of ether oxygens (including phenoxy) is 1. The van der Waals surface area contributed by atoms with Gasteiger partial charge in [-0.2, -0.15) is 0 Å². The van der Waals surface area contributed by atoms with Crippen molar-refractivity contribution in [3.63, 3.8) is 0 Å². The van der Waals surface area contributed by atoms with Gasteiger partial charge in [-0.05, 0) is 24.3 Å². The molecule has 2 aromatic carbocycles. The summed E-state index contributed by atoms with van der Waals surface area (Å²) in [6.07, 6.45) is 0. The Hall–Kier alpha value is -2.96. The van der Waals surface area contributed by atoms with Crippen molar-refractivity contribution in [3.8, 4) is 5.75 Å². The third kappa shape index (κ3) is 4.28. The first-order valence-corrected chi connectivity index (χ1v) is 7.07. The molecule has 0 atom stereocenters. The summed E-state index contributed by atoms with van der Waals surface area (Å²) in [6.45, 7) is -0.244. The van der Waals surface area contributed by atoms with Gasteiger partial charge in [-0.15, -0.1) is 0 Å². The van der Waals surface area contributed by atoms with Crippen LogP contribution < -0.4 is 10.1 Å². The van der Waals surface area contributed by atoms with Crippen LogP contribution in [0.5, 0.6) is 5.75 Å². The van der Waals surface area contributed by atoms with Gasteiger partial charge in [0.25, 0.3) is 11.8 Å². The highest BCUT2D eigenvalue weighted by Crippen LogP contribution is 2.21. The van der Waals surface area contributed by atoms with Crippen molar-refractivity contribution >= 4 is 17.5 Å². The van der Waals surface area contributed by atoms with E-state index in [9.17, 15) is 18.4 Å². The molecule has 0 aliphatic carbocycles. The summed E-state index contributed by atoms with van der Waals surface area (Å²) in [6, 6.07) is 8.96. The van der Waals surface area contributed by atoms with Crippen LogP contribution in [0.4, 0.5) is 14.5 Å². The molecule has 0 fully saturated rings. The molecule has 2 rings (SSSR count). The van der Waals surface area contributed by atoms with Crippen molar-refractivity contribution in [3.05, 3.63) is 59.7 Å². The normalized spacial score (nSPS) is 10.2. The quantitative estimate of drug-likeness (QED) is 0.915. The van der Waals surface area contributed by atoms with Gasteiger partial charge in [0.15, 0.2) is 6.61 Å². The lowest BCUT2D eigenvalue weighted by Gasteiger charge is -2.14. The summed E-state index contributed by atoms with van der Waals surface area (Å²) in [5.41, 5.74) is -0.174. The van der Waals surface area contributed by atoms with Crippen LogP contribution in [0.25, 0.3) is 0 Å². The van der Waals surface area contributed by atoms with E-state index in [0.717, 1.165) is 18.2 Å². The van der Waals surface area contributed by atoms with Gasteiger partial charge >= 0.3 is 0 Å². The lowest BCUT2D eigenvalue weighted by Crippen LogP contribution is -2.28. The maximum Gasteiger partial charge on any atom is 0.259 e. The second kappa shape index (κ2) is 7.54.